The highest BCUT2D eigenvalue weighted by Crippen LogP contribution is 2.16. The Hall–Kier alpha value is -1.76. The lowest BCUT2D eigenvalue weighted by Crippen LogP contribution is -2.34. The van der Waals surface area contributed by atoms with E-state index in [9.17, 15) is 18.0 Å². The van der Waals surface area contributed by atoms with E-state index in [0.29, 0.717) is 31.8 Å². The normalized spacial score (nSPS) is 15.8. The van der Waals surface area contributed by atoms with Gasteiger partial charge in [-0.1, -0.05) is 0 Å². The fourth-order valence-electron chi connectivity index (χ4n) is 1.96. The molecular weight excluding hydrogens is 273 g/mol. The standard InChI is InChI=1S/C13H15F3N2O2/c14-9-6-11(15)10(12(16)7-9)8-20-13(19)18-4-1-2-17-3-5-18/h6-7,17H,1-5,8H2. The molecule has 110 valence electrons. The molecular formula is C13H15F3N2O2. The second kappa shape index (κ2) is 6.60. The molecule has 0 aromatic heterocycles. The topological polar surface area (TPSA) is 41.6 Å². The van der Waals surface area contributed by atoms with Crippen molar-refractivity contribution in [3.05, 3.63) is 35.1 Å². The maximum Gasteiger partial charge on any atom is 0.410 e. The van der Waals surface area contributed by atoms with Gasteiger partial charge in [0.2, 0.25) is 0 Å². The monoisotopic (exact) mass is 288 g/mol. The van der Waals surface area contributed by atoms with Crippen LogP contribution in [0.25, 0.3) is 0 Å². The van der Waals surface area contributed by atoms with Crippen LogP contribution >= 0.6 is 0 Å². The van der Waals surface area contributed by atoms with Crippen LogP contribution in [-0.2, 0) is 11.3 Å². The lowest BCUT2D eigenvalue weighted by molar-refractivity contribution is 0.0964. The average Bonchev–Trinajstić information content (AvgIpc) is 2.66. The largest absolute Gasteiger partial charge is 0.444 e. The number of carbonyl (C=O) groups excluding carboxylic acids is 1. The number of hydrogen-bond donors (Lipinski definition) is 1. The van der Waals surface area contributed by atoms with Gasteiger partial charge in [0.15, 0.2) is 0 Å². The Kier molecular flexibility index (Phi) is 4.84. The highest BCUT2D eigenvalue weighted by Gasteiger charge is 2.19. The first-order valence-corrected chi connectivity index (χ1v) is 6.34. The fourth-order valence-corrected chi connectivity index (χ4v) is 1.96. The Morgan fingerprint density at radius 2 is 1.90 bits per heavy atom. The highest BCUT2D eigenvalue weighted by atomic mass is 19.1. The van der Waals surface area contributed by atoms with Crippen molar-refractivity contribution in [3.63, 3.8) is 0 Å². The molecule has 0 saturated carbocycles. The predicted molar refractivity (Wildman–Crippen MR) is 65.6 cm³/mol. The van der Waals surface area contributed by atoms with Gasteiger partial charge in [-0.2, -0.15) is 0 Å². The number of halogens is 3. The van der Waals surface area contributed by atoms with Crippen LogP contribution in [0.1, 0.15) is 12.0 Å². The smallest absolute Gasteiger partial charge is 0.410 e. The Labute approximate surface area is 114 Å². The first-order chi connectivity index (χ1) is 9.58. The van der Waals surface area contributed by atoms with Gasteiger partial charge in [-0.3, -0.25) is 0 Å². The summed E-state index contributed by atoms with van der Waals surface area (Å²) in [4.78, 5) is 13.2. The van der Waals surface area contributed by atoms with Crippen molar-refractivity contribution in [1.82, 2.24) is 10.2 Å². The number of nitrogens with zero attached hydrogens (tertiary/aromatic N) is 1. The minimum Gasteiger partial charge on any atom is -0.444 e. The van der Waals surface area contributed by atoms with E-state index in [1.54, 1.807) is 0 Å². The summed E-state index contributed by atoms with van der Waals surface area (Å²) in [5.41, 5.74) is -0.451. The maximum absolute atomic E-state index is 13.4. The molecule has 7 heteroatoms. The zero-order valence-electron chi connectivity index (χ0n) is 10.8. The lowest BCUT2D eigenvalue weighted by atomic mass is 10.2. The van der Waals surface area contributed by atoms with E-state index in [1.165, 1.54) is 4.90 Å². The molecule has 0 aliphatic carbocycles. The van der Waals surface area contributed by atoms with E-state index in [2.05, 4.69) is 5.32 Å². The average molecular weight is 288 g/mol. The van der Waals surface area contributed by atoms with Crippen LogP contribution in [0.15, 0.2) is 12.1 Å². The SMILES string of the molecule is O=C(OCc1c(F)cc(F)cc1F)N1CCCNCC1. The number of amides is 1. The molecule has 1 amide bonds. The van der Waals surface area contributed by atoms with Crippen molar-refractivity contribution in [1.29, 1.82) is 0 Å². The Morgan fingerprint density at radius 1 is 1.20 bits per heavy atom. The molecule has 0 bridgehead atoms. The number of rotatable bonds is 2. The Balaban J connectivity index is 1.96. The van der Waals surface area contributed by atoms with Gasteiger partial charge in [0.25, 0.3) is 0 Å². The van der Waals surface area contributed by atoms with Gasteiger partial charge in [-0.25, -0.2) is 18.0 Å². The summed E-state index contributed by atoms with van der Waals surface area (Å²) >= 11 is 0. The van der Waals surface area contributed by atoms with Crippen LogP contribution in [-0.4, -0.2) is 37.2 Å². The van der Waals surface area contributed by atoms with E-state index in [-0.39, 0.29) is 0 Å². The van der Waals surface area contributed by atoms with Crippen LogP contribution in [0.2, 0.25) is 0 Å². The molecule has 1 N–H and O–H groups in total. The summed E-state index contributed by atoms with van der Waals surface area (Å²) in [6.07, 6.45) is 0.158. The molecule has 1 aromatic carbocycles. The number of ether oxygens (including phenoxy) is 1. The van der Waals surface area contributed by atoms with Crippen LogP contribution in [0.4, 0.5) is 18.0 Å². The number of carbonyl (C=O) groups is 1. The van der Waals surface area contributed by atoms with Gasteiger partial charge in [0.1, 0.15) is 24.1 Å². The molecule has 0 atom stereocenters. The van der Waals surface area contributed by atoms with Crippen LogP contribution in [0.3, 0.4) is 0 Å². The van der Waals surface area contributed by atoms with Crippen molar-refractivity contribution in [2.24, 2.45) is 0 Å². The molecule has 1 aliphatic heterocycles. The van der Waals surface area contributed by atoms with Gasteiger partial charge >= 0.3 is 6.09 Å². The molecule has 20 heavy (non-hydrogen) atoms. The molecule has 1 saturated heterocycles. The van der Waals surface area contributed by atoms with Gasteiger partial charge in [0, 0.05) is 31.8 Å². The zero-order chi connectivity index (χ0) is 14.5. The lowest BCUT2D eigenvalue weighted by Gasteiger charge is -2.19. The first kappa shape index (κ1) is 14.6. The van der Waals surface area contributed by atoms with Gasteiger partial charge < -0.3 is 15.0 Å². The number of benzene rings is 1. The summed E-state index contributed by atoms with van der Waals surface area (Å²) in [5, 5.41) is 3.12. The summed E-state index contributed by atoms with van der Waals surface area (Å²) in [6, 6.07) is 1.12. The van der Waals surface area contributed by atoms with Crippen LogP contribution < -0.4 is 5.32 Å². The molecule has 1 fully saturated rings. The molecule has 2 rings (SSSR count). The molecule has 1 aliphatic rings. The molecule has 0 radical (unpaired) electrons. The van der Waals surface area contributed by atoms with Crippen molar-refractivity contribution in [3.8, 4) is 0 Å². The third-order valence-corrected chi connectivity index (χ3v) is 3.04. The summed E-state index contributed by atoms with van der Waals surface area (Å²) in [7, 11) is 0. The van der Waals surface area contributed by atoms with E-state index < -0.39 is 35.7 Å². The zero-order valence-corrected chi connectivity index (χ0v) is 10.8. The Morgan fingerprint density at radius 3 is 2.60 bits per heavy atom. The summed E-state index contributed by atoms with van der Waals surface area (Å²) in [5.74, 6) is -3.13. The number of hydrogen-bond acceptors (Lipinski definition) is 3. The quantitative estimate of drug-likeness (QED) is 0.905. The third-order valence-electron chi connectivity index (χ3n) is 3.04. The molecule has 0 unspecified atom stereocenters. The van der Waals surface area contributed by atoms with Gasteiger partial charge in [-0.05, 0) is 13.0 Å². The Bertz CT molecular complexity index is 465. The minimum atomic E-state index is -1.06. The third kappa shape index (κ3) is 3.63. The first-order valence-electron chi connectivity index (χ1n) is 6.34. The predicted octanol–water partition coefficient (Wildman–Crippen LogP) is 2.04. The molecule has 1 heterocycles. The molecule has 4 nitrogen and oxygen atoms in total. The van der Waals surface area contributed by atoms with Crippen molar-refractivity contribution in [2.75, 3.05) is 26.2 Å². The molecule has 1 aromatic rings. The summed E-state index contributed by atoms with van der Waals surface area (Å²) < 4.78 is 44.4. The number of nitrogens with one attached hydrogen (secondary N) is 1. The van der Waals surface area contributed by atoms with E-state index >= 15 is 0 Å². The fraction of sp³-hybridized carbons (Fsp3) is 0.462. The van der Waals surface area contributed by atoms with Gasteiger partial charge in [0.05, 0.1) is 5.56 Å². The van der Waals surface area contributed by atoms with E-state index in [4.69, 9.17) is 4.74 Å². The van der Waals surface area contributed by atoms with E-state index in [0.717, 1.165) is 13.0 Å². The second-order valence-corrected chi connectivity index (χ2v) is 4.49. The maximum atomic E-state index is 13.4. The minimum absolute atomic E-state index is 0.451. The van der Waals surface area contributed by atoms with Gasteiger partial charge in [-0.15, -0.1) is 0 Å². The second-order valence-electron chi connectivity index (χ2n) is 4.49. The van der Waals surface area contributed by atoms with Crippen LogP contribution in [0.5, 0.6) is 0 Å². The van der Waals surface area contributed by atoms with Crippen molar-refractivity contribution < 1.29 is 22.7 Å². The van der Waals surface area contributed by atoms with Crippen LogP contribution in [0, 0.1) is 17.5 Å². The van der Waals surface area contributed by atoms with Crippen molar-refractivity contribution >= 4 is 6.09 Å². The summed E-state index contributed by atoms with van der Waals surface area (Å²) in [6.45, 7) is 1.91. The highest BCUT2D eigenvalue weighted by molar-refractivity contribution is 5.67. The van der Waals surface area contributed by atoms with E-state index in [1.807, 2.05) is 0 Å². The van der Waals surface area contributed by atoms with Crippen molar-refractivity contribution in [2.45, 2.75) is 13.0 Å². The molecule has 0 spiro atoms.